The molecule has 0 atom stereocenters. The van der Waals surface area contributed by atoms with E-state index >= 15 is 0 Å². The van der Waals surface area contributed by atoms with Gasteiger partial charge in [0.25, 0.3) is 5.56 Å². The fourth-order valence-corrected chi connectivity index (χ4v) is 3.68. The lowest BCUT2D eigenvalue weighted by molar-refractivity contribution is 0.645. The van der Waals surface area contributed by atoms with Gasteiger partial charge in [-0.3, -0.25) is 14.0 Å². The van der Waals surface area contributed by atoms with Crippen molar-refractivity contribution < 1.29 is 0 Å². The van der Waals surface area contributed by atoms with Crippen LogP contribution >= 0.6 is 27.3 Å². The lowest BCUT2D eigenvalue weighted by atomic mass is 10.3. The highest BCUT2D eigenvalue weighted by atomic mass is 79.9. The van der Waals surface area contributed by atoms with Crippen LogP contribution in [0.3, 0.4) is 0 Å². The molecule has 0 aliphatic heterocycles. The van der Waals surface area contributed by atoms with Crippen LogP contribution in [0.4, 0.5) is 0 Å². The normalized spacial score (nSPS) is 11.3. The molecule has 0 bridgehead atoms. The number of hydrogen-bond donors (Lipinski definition) is 0. The van der Waals surface area contributed by atoms with Crippen LogP contribution in [0.5, 0.6) is 0 Å². The van der Waals surface area contributed by atoms with E-state index in [0.29, 0.717) is 11.2 Å². The summed E-state index contributed by atoms with van der Waals surface area (Å²) >= 11 is 5.00. The van der Waals surface area contributed by atoms with E-state index in [0.717, 1.165) is 27.8 Å². The maximum Gasteiger partial charge on any atom is 0.271 e. The van der Waals surface area contributed by atoms with Crippen LogP contribution < -0.4 is 5.56 Å². The fourth-order valence-electron chi connectivity index (χ4n) is 2.14. The molecule has 0 saturated heterocycles. The standard InChI is InChI=1S/C13H13BrN4OS/c1-3-8-11(14)10(17(2)16-8)6-18-7-15-9-4-5-20-12(9)13(18)19/h4-5,7H,3,6H2,1-2H3. The van der Waals surface area contributed by atoms with Crippen LogP contribution in [0.1, 0.15) is 18.3 Å². The molecular formula is C13H13BrN4OS. The second-order valence-corrected chi connectivity index (χ2v) is 6.21. The zero-order valence-electron chi connectivity index (χ0n) is 11.1. The van der Waals surface area contributed by atoms with Crippen molar-refractivity contribution in [2.45, 2.75) is 19.9 Å². The molecule has 0 aromatic carbocycles. The minimum absolute atomic E-state index is 0.00357. The second kappa shape index (κ2) is 5.14. The van der Waals surface area contributed by atoms with Crippen LogP contribution in [-0.2, 0) is 20.0 Å². The van der Waals surface area contributed by atoms with Crippen LogP contribution in [-0.4, -0.2) is 19.3 Å². The summed E-state index contributed by atoms with van der Waals surface area (Å²) in [6, 6.07) is 1.86. The molecule has 20 heavy (non-hydrogen) atoms. The Hall–Kier alpha value is -1.47. The average molecular weight is 353 g/mol. The van der Waals surface area contributed by atoms with Gasteiger partial charge < -0.3 is 0 Å². The second-order valence-electron chi connectivity index (χ2n) is 4.50. The van der Waals surface area contributed by atoms with Gasteiger partial charge in [0.05, 0.1) is 34.2 Å². The summed E-state index contributed by atoms with van der Waals surface area (Å²) in [4.78, 5) is 16.7. The van der Waals surface area contributed by atoms with E-state index in [1.165, 1.54) is 11.3 Å². The average Bonchev–Trinajstić information content (AvgIpc) is 3.01. The molecule has 0 saturated carbocycles. The van der Waals surface area contributed by atoms with E-state index < -0.39 is 0 Å². The molecule has 3 heterocycles. The van der Waals surface area contributed by atoms with Crippen LogP contribution in [0.25, 0.3) is 10.2 Å². The zero-order chi connectivity index (χ0) is 14.3. The molecule has 3 rings (SSSR count). The topological polar surface area (TPSA) is 52.7 Å². The van der Waals surface area contributed by atoms with Crippen LogP contribution in [0, 0.1) is 0 Å². The highest BCUT2D eigenvalue weighted by molar-refractivity contribution is 9.10. The summed E-state index contributed by atoms with van der Waals surface area (Å²) in [5.41, 5.74) is 2.73. The molecular weight excluding hydrogens is 340 g/mol. The van der Waals surface area contributed by atoms with E-state index in [4.69, 9.17) is 0 Å². The van der Waals surface area contributed by atoms with Crippen molar-refractivity contribution in [1.29, 1.82) is 0 Å². The Morgan fingerprint density at radius 2 is 2.25 bits per heavy atom. The zero-order valence-corrected chi connectivity index (χ0v) is 13.5. The van der Waals surface area contributed by atoms with Gasteiger partial charge in [-0.2, -0.15) is 5.10 Å². The van der Waals surface area contributed by atoms with Gasteiger partial charge in [-0.1, -0.05) is 6.92 Å². The molecule has 0 unspecified atom stereocenters. The Morgan fingerprint density at radius 3 is 2.95 bits per heavy atom. The predicted molar refractivity (Wildman–Crippen MR) is 83.3 cm³/mol. The molecule has 3 aromatic heterocycles. The monoisotopic (exact) mass is 352 g/mol. The highest BCUT2D eigenvalue weighted by Crippen LogP contribution is 2.22. The maximum atomic E-state index is 12.4. The van der Waals surface area contributed by atoms with Gasteiger partial charge in [0.1, 0.15) is 4.70 Å². The smallest absolute Gasteiger partial charge is 0.271 e. The number of halogens is 1. The van der Waals surface area contributed by atoms with Crippen molar-refractivity contribution in [3.8, 4) is 0 Å². The largest absolute Gasteiger partial charge is 0.292 e. The Morgan fingerprint density at radius 1 is 1.45 bits per heavy atom. The van der Waals surface area contributed by atoms with Crippen molar-refractivity contribution >= 4 is 37.5 Å². The summed E-state index contributed by atoms with van der Waals surface area (Å²) in [5.74, 6) is 0. The van der Waals surface area contributed by atoms with Gasteiger partial charge in [0.15, 0.2) is 0 Å². The quantitative estimate of drug-likeness (QED) is 0.727. The van der Waals surface area contributed by atoms with Gasteiger partial charge in [-0.15, -0.1) is 11.3 Å². The first kappa shape index (κ1) is 13.5. The molecule has 0 N–H and O–H groups in total. The minimum atomic E-state index is -0.00357. The summed E-state index contributed by atoms with van der Waals surface area (Å²) in [6.45, 7) is 2.52. The summed E-state index contributed by atoms with van der Waals surface area (Å²) in [6.07, 6.45) is 2.45. The van der Waals surface area contributed by atoms with Crippen molar-refractivity contribution in [2.24, 2.45) is 7.05 Å². The lowest BCUT2D eigenvalue weighted by Gasteiger charge is -2.06. The number of rotatable bonds is 3. The Bertz CT molecular complexity index is 833. The number of aryl methyl sites for hydroxylation is 2. The third-order valence-corrected chi connectivity index (χ3v) is 5.07. The third kappa shape index (κ3) is 2.10. The van der Waals surface area contributed by atoms with Crippen molar-refractivity contribution in [1.82, 2.24) is 19.3 Å². The molecule has 3 aromatic rings. The minimum Gasteiger partial charge on any atom is -0.292 e. The number of nitrogens with zero attached hydrogens (tertiary/aromatic N) is 4. The van der Waals surface area contributed by atoms with E-state index in [-0.39, 0.29) is 5.56 Å². The first-order chi connectivity index (χ1) is 9.61. The van der Waals surface area contributed by atoms with Gasteiger partial charge in [-0.05, 0) is 33.8 Å². The maximum absolute atomic E-state index is 12.4. The number of thiophene rings is 1. The molecule has 0 fully saturated rings. The molecule has 0 aliphatic rings. The van der Waals surface area contributed by atoms with E-state index in [1.807, 2.05) is 23.2 Å². The number of hydrogen-bond acceptors (Lipinski definition) is 4. The molecule has 104 valence electrons. The SMILES string of the molecule is CCc1nn(C)c(Cn2cnc3ccsc3c2=O)c1Br. The molecule has 0 spiro atoms. The van der Waals surface area contributed by atoms with Crippen molar-refractivity contribution in [3.63, 3.8) is 0 Å². The number of aromatic nitrogens is 4. The third-order valence-electron chi connectivity index (χ3n) is 3.26. The highest BCUT2D eigenvalue weighted by Gasteiger charge is 2.14. The summed E-state index contributed by atoms with van der Waals surface area (Å²) in [5, 5.41) is 6.33. The fraction of sp³-hybridized carbons (Fsp3) is 0.308. The number of fused-ring (bicyclic) bond motifs is 1. The van der Waals surface area contributed by atoms with E-state index in [2.05, 4.69) is 32.9 Å². The van der Waals surface area contributed by atoms with Gasteiger partial charge in [-0.25, -0.2) is 4.98 Å². The Kier molecular flexibility index (Phi) is 3.47. The van der Waals surface area contributed by atoms with Gasteiger partial charge >= 0.3 is 0 Å². The van der Waals surface area contributed by atoms with Gasteiger partial charge in [0, 0.05) is 7.05 Å². The molecule has 0 radical (unpaired) electrons. The van der Waals surface area contributed by atoms with E-state index in [9.17, 15) is 4.79 Å². The predicted octanol–water partition coefficient (Wildman–Crippen LogP) is 2.56. The molecule has 0 aliphatic carbocycles. The molecule has 5 nitrogen and oxygen atoms in total. The van der Waals surface area contributed by atoms with Crippen molar-refractivity contribution in [2.75, 3.05) is 0 Å². The Labute approximate surface area is 128 Å². The molecule has 0 amide bonds. The molecule has 7 heteroatoms. The Balaban J connectivity index is 2.07. The van der Waals surface area contributed by atoms with E-state index in [1.54, 1.807) is 10.9 Å². The van der Waals surface area contributed by atoms with Gasteiger partial charge in [0.2, 0.25) is 0 Å². The lowest BCUT2D eigenvalue weighted by Crippen LogP contribution is -2.21. The van der Waals surface area contributed by atoms with Crippen LogP contribution in [0.2, 0.25) is 0 Å². The van der Waals surface area contributed by atoms with Crippen LogP contribution in [0.15, 0.2) is 27.0 Å². The summed E-state index contributed by atoms with van der Waals surface area (Å²) < 4.78 is 5.11. The summed E-state index contributed by atoms with van der Waals surface area (Å²) in [7, 11) is 1.89. The van der Waals surface area contributed by atoms with Crippen molar-refractivity contribution in [3.05, 3.63) is 44.0 Å². The first-order valence-corrected chi connectivity index (χ1v) is 7.92. The first-order valence-electron chi connectivity index (χ1n) is 6.24.